The fraction of sp³-hybridized carbons (Fsp3) is 0.533. The third-order valence-electron chi connectivity index (χ3n) is 2.82. The van der Waals surface area contributed by atoms with E-state index in [1.807, 2.05) is 19.3 Å². The average Bonchev–Trinajstić information content (AvgIpc) is 2.37. The van der Waals surface area contributed by atoms with E-state index < -0.39 is 0 Å². The summed E-state index contributed by atoms with van der Waals surface area (Å²) >= 11 is 0. The van der Waals surface area contributed by atoms with Gasteiger partial charge in [-0.2, -0.15) is 0 Å². The zero-order valence-electron chi connectivity index (χ0n) is 10.9. The van der Waals surface area contributed by atoms with Gasteiger partial charge in [0.15, 0.2) is 0 Å². The topological polar surface area (TPSA) is 24.9 Å². The largest absolute Gasteiger partial charge is 0.314 e. The molecule has 0 radical (unpaired) electrons. The number of aromatic nitrogens is 1. The van der Waals surface area contributed by atoms with E-state index in [0.717, 1.165) is 25.8 Å². The minimum atomic E-state index is 0.578. The Hall–Kier alpha value is -1.33. The summed E-state index contributed by atoms with van der Waals surface area (Å²) in [5.74, 6) is 6.09. The van der Waals surface area contributed by atoms with Crippen LogP contribution >= 0.6 is 0 Å². The van der Waals surface area contributed by atoms with Gasteiger partial charge in [0.05, 0.1) is 0 Å². The molecular weight excluding hydrogens is 208 g/mol. The first kappa shape index (κ1) is 13.7. The van der Waals surface area contributed by atoms with Gasteiger partial charge in [-0.25, -0.2) is 0 Å². The third-order valence-corrected chi connectivity index (χ3v) is 2.82. The van der Waals surface area contributed by atoms with Crippen molar-refractivity contribution in [3.8, 4) is 11.8 Å². The lowest BCUT2D eigenvalue weighted by Gasteiger charge is -2.16. The van der Waals surface area contributed by atoms with Gasteiger partial charge in [-0.3, -0.25) is 4.98 Å². The van der Waals surface area contributed by atoms with Crippen molar-refractivity contribution < 1.29 is 0 Å². The van der Waals surface area contributed by atoms with Gasteiger partial charge in [-0.15, -0.1) is 11.8 Å². The highest BCUT2D eigenvalue weighted by Gasteiger charge is 2.06. The Morgan fingerprint density at radius 3 is 2.71 bits per heavy atom. The van der Waals surface area contributed by atoms with Crippen LogP contribution in [0.1, 0.15) is 38.7 Å². The molecule has 1 rings (SSSR count). The van der Waals surface area contributed by atoms with Crippen LogP contribution in [0.4, 0.5) is 0 Å². The molecule has 1 N–H and O–H groups in total. The highest BCUT2D eigenvalue weighted by Crippen LogP contribution is 2.08. The van der Waals surface area contributed by atoms with Crippen LogP contribution in [0.25, 0.3) is 0 Å². The molecule has 0 saturated heterocycles. The number of hydrogen-bond donors (Lipinski definition) is 1. The average molecular weight is 230 g/mol. The van der Waals surface area contributed by atoms with Crippen molar-refractivity contribution in [2.24, 2.45) is 0 Å². The van der Waals surface area contributed by atoms with Gasteiger partial charge in [-0.1, -0.05) is 6.92 Å². The summed E-state index contributed by atoms with van der Waals surface area (Å²) < 4.78 is 0. The van der Waals surface area contributed by atoms with Gasteiger partial charge in [0.25, 0.3) is 0 Å². The number of rotatable bonds is 7. The molecule has 1 atom stereocenters. The maximum atomic E-state index is 4.04. The van der Waals surface area contributed by atoms with Crippen LogP contribution in [-0.4, -0.2) is 17.6 Å². The lowest BCUT2D eigenvalue weighted by atomic mass is 10.0. The highest BCUT2D eigenvalue weighted by molar-refractivity contribution is 5.09. The van der Waals surface area contributed by atoms with Crippen molar-refractivity contribution in [3.63, 3.8) is 0 Å². The summed E-state index contributed by atoms with van der Waals surface area (Å²) in [7, 11) is 0. The molecule has 0 amide bonds. The van der Waals surface area contributed by atoms with Crippen molar-refractivity contribution in [2.75, 3.05) is 6.54 Å². The lowest BCUT2D eigenvalue weighted by molar-refractivity contribution is 0.469. The third kappa shape index (κ3) is 6.09. The molecule has 0 fully saturated rings. The first-order chi connectivity index (χ1) is 8.36. The number of hydrogen-bond acceptors (Lipinski definition) is 2. The first-order valence-electron chi connectivity index (χ1n) is 6.38. The first-order valence-corrected chi connectivity index (χ1v) is 6.38. The number of aryl methyl sites for hydroxylation is 1. The van der Waals surface area contributed by atoms with E-state index in [1.165, 1.54) is 12.0 Å². The molecule has 1 aromatic heterocycles. The van der Waals surface area contributed by atoms with Gasteiger partial charge in [0.1, 0.15) is 0 Å². The predicted octanol–water partition coefficient (Wildman–Crippen LogP) is 2.80. The van der Waals surface area contributed by atoms with Crippen molar-refractivity contribution in [3.05, 3.63) is 30.1 Å². The van der Waals surface area contributed by atoms with E-state index in [4.69, 9.17) is 0 Å². The minimum absolute atomic E-state index is 0.578. The van der Waals surface area contributed by atoms with Gasteiger partial charge in [0.2, 0.25) is 0 Å². The fourth-order valence-corrected chi connectivity index (χ4v) is 1.90. The van der Waals surface area contributed by atoms with Crippen LogP contribution in [0.3, 0.4) is 0 Å². The van der Waals surface area contributed by atoms with Crippen molar-refractivity contribution in [1.29, 1.82) is 0 Å². The fourth-order valence-electron chi connectivity index (χ4n) is 1.90. The van der Waals surface area contributed by atoms with Crippen LogP contribution in [0.15, 0.2) is 24.5 Å². The van der Waals surface area contributed by atoms with Crippen LogP contribution in [0, 0.1) is 11.8 Å². The van der Waals surface area contributed by atoms with Gasteiger partial charge >= 0.3 is 0 Å². The second kappa shape index (κ2) is 8.78. The quantitative estimate of drug-likeness (QED) is 0.729. The molecule has 0 aliphatic rings. The summed E-state index contributed by atoms with van der Waals surface area (Å²) in [6.07, 6.45) is 8.13. The second-order valence-corrected chi connectivity index (χ2v) is 4.11. The van der Waals surface area contributed by atoms with E-state index in [2.05, 4.69) is 41.2 Å². The van der Waals surface area contributed by atoms with E-state index in [9.17, 15) is 0 Å². The number of pyridine rings is 1. The molecule has 0 spiro atoms. The molecule has 92 valence electrons. The van der Waals surface area contributed by atoms with E-state index in [-0.39, 0.29) is 0 Å². The SMILES string of the molecule is CC#CCCC(CCc1ccncc1)NCC. The molecule has 0 bridgehead atoms. The molecular formula is C15H22N2. The summed E-state index contributed by atoms with van der Waals surface area (Å²) in [5.41, 5.74) is 1.37. The van der Waals surface area contributed by atoms with Crippen LogP contribution in [0.5, 0.6) is 0 Å². The van der Waals surface area contributed by atoms with Crippen molar-refractivity contribution >= 4 is 0 Å². The summed E-state index contributed by atoms with van der Waals surface area (Å²) in [5, 5.41) is 3.53. The summed E-state index contributed by atoms with van der Waals surface area (Å²) in [6.45, 7) is 5.09. The molecule has 0 aromatic carbocycles. The normalized spacial score (nSPS) is 11.6. The van der Waals surface area contributed by atoms with Gasteiger partial charge in [-0.05, 0) is 50.4 Å². The Balaban J connectivity index is 2.35. The van der Waals surface area contributed by atoms with Crippen molar-refractivity contribution in [1.82, 2.24) is 10.3 Å². The zero-order valence-corrected chi connectivity index (χ0v) is 10.9. The molecule has 2 heteroatoms. The minimum Gasteiger partial charge on any atom is -0.314 e. The number of nitrogens with zero attached hydrogens (tertiary/aromatic N) is 1. The molecule has 2 nitrogen and oxygen atoms in total. The Kier molecular flexibility index (Phi) is 7.09. The molecule has 0 aliphatic carbocycles. The maximum Gasteiger partial charge on any atom is 0.0270 e. The van der Waals surface area contributed by atoms with Gasteiger partial charge in [0, 0.05) is 24.9 Å². The molecule has 0 aliphatic heterocycles. The van der Waals surface area contributed by atoms with Crippen LogP contribution < -0.4 is 5.32 Å². The molecule has 1 aromatic rings. The summed E-state index contributed by atoms with van der Waals surface area (Å²) in [6, 6.07) is 4.76. The Morgan fingerprint density at radius 2 is 2.06 bits per heavy atom. The molecule has 1 unspecified atom stereocenters. The van der Waals surface area contributed by atoms with Gasteiger partial charge < -0.3 is 5.32 Å². The van der Waals surface area contributed by atoms with E-state index in [1.54, 1.807) is 0 Å². The molecule has 1 heterocycles. The monoisotopic (exact) mass is 230 g/mol. The van der Waals surface area contributed by atoms with E-state index in [0.29, 0.717) is 6.04 Å². The molecule has 17 heavy (non-hydrogen) atoms. The Labute approximate surface area is 105 Å². The molecule has 0 saturated carbocycles. The number of nitrogens with one attached hydrogen (secondary N) is 1. The van der Waals surface area contributed by atoms with Crippen LogP contribution in [0.2, 0.25) is 0 Å². The standard InChI is InChI=1S/C15H22N2/c1-3-5-6-7-15(17-4-2)9-8-14-10-12-16-13-11-14/h10-13,15,17H,4,6-9H2,1-2H3. The maximum absolute atomic E-state index is 4.04. The lowest BCUT2D eigenvalue weighted by Crippen LogP contribution is -2.29. The zero-order chi connectivity index (χ0) is 12.3. The highest BCUT2D eigenvalue weighted by atomic mass is 14.9. The summed E-state index contributed by atoms with van der Waals surface area (Å²) in [4.78, 5) is 4.04. The predicted molar refractivity (Wildman–Crippen MR) is 72.7 cm³/mol. The second-order valence-electron chi connectivity index (χ2n) is 4.11. The Morgan fingerprint density at radius 1 is 1.29 bits per heavy atom. The van der Waals surface area contributed by atoms with E-state index >= 15 is 0 Å². The van der Waals surface area contributed by atoms with Crippen LogP contribution in [-0.2, 0) is 6.42 Å². The Bertz CT molecular complexity index is 348. The van der Waals surface area contributed by atoms with Crippen molar-refractivity contribution in [2.45, 2.75) is 45.6 Å². The smallest absolute Gasteiger partial charge is 0.0270 e.